The number of Topliss-reactive ketones (excluding diaryl/α,β-unsaturated/α-hetero) is 1. The number of hydrogen-bond donors (Lipinski definition) is 0. The van der Waals surface area contributed by atoms with Gasteiger partial charge in [0.15, 0.2) is 15.6 Å². The third kappa shape index (κ3) is 4.91. The summed E-state index contributed by atoms with van der Waals surface area (Å²) >= 11 is 0. The molecule has 3 rings (SSSR count). The average molecular weight is 414 g/mol. The molecule has 1 aliphatic rings. The normalized spacial score (nSPS) is 22.0. The highest BCUT2D eigenvalue weighted by Gasteiger charge is 2.43. The molecule has 4 nitrogen and oxygen atoms in total. The van der Waals surface area contributed by atoms with Gasteiger partial charge in [0.25, 0.3) is 0 Å². The van der Waals surface area contributed by atoms with E-state index in [1.54, 1.807) is 36.4 Å². The van der Waals surface area contributed by atoms with Crippen molar-refractivity contribution in [1.29, 1.82) is 5.26 Å². The maximum atomic E-state index is 13.4. The fourth-order valence-electron chi connectivity index (χ4n) is 4.07. The second-order valence-electron chi connectivity index (χ2n) is 8.04. The Balaban J connectivity index is 1.83. The highest BCUT2D eigenvalue weighted by Crippen LogP contribution is 2.42. The van der Waals surface area contributed by atoms with E-state index in [4.69, 9.17) is 5.26 Å². The Kier molecular flexibility index (Phi) is 6.18. The lowest BCUT2D eigenvalue weighted by Crippen LogP contribution is -2.42. The molecule has 0 heterocycles. The van der Waals surface area contributed by atoms with Crippen LogP contribution in [0.2, 0.25) is 0 Å². The van der Waals surface area contributed by atoms with Gasteiger partial charge in [-0.05, 0) is 67.0 Å². The lowest BCUT2D eigenvalue weighted by molar-refractivity contribution is -0.123. The molecule has 0 saturated heterocycles. The van der Waals surface area contributed by atoms with Crippen LogP contribution < -0.4 is 0 Å². The largest absolute Gasteiger partial charge is 0.298 e. The van der Waals surface area contributed by atoms with Crippen molar-refractivity contribution < 1.29 is 17.6 Å². The first-order valence-electron chi connectivity index (χ1n) is 9.73. The molecule has 152 valence electrons. The summed E-state index contributed by atoms with van der Waals surface area (Å²) in [6.45, 7) is 2.13. The van der Waals surface area contributed by atoms with E-state index in [0.29, 0.717) is 35.4 Å². The molecule has 2 aromatic rings. The third-order valence-electron chi connectivity index (χ3n) is 5.88. The molecule has 0 unspecified atom stereocenters. The fourth-order valence-corrected chi connectivity index (χ4v) is 5.55. The van der Waals surface area contributed by atoms with E-state index in [1.807, 2.05) is 6.07 Å². The monoisotopic (exact) mass is 413 g/mol. The standard InChI is InChI=1S/C23H24FNO3S/c1-17-10-12-23(13-11-17,20-6-8-21(24)9-7-20)22(26)16-29(27,28)15-19-4-2-18(14-25)3-5-19/h2-9,17H,10-13,15-16H2,1H3. The Morgan fingerprint density at radius 1 is 1.10 bits per heavy atom. The van der Waals surface area contributed by atoms with Crippen LogP contribution in [0, 0.1) is 23.1 Å². The van der Waals surface area contributed by atoms with Gasteiger partial charge < -0.3 is 0 Å². The van der Waals surface area contributed by atoms with Crippen molar-refractivity contribution in [2.45, 2.75) is 43.8 Å². The van der Waals surface area contributed by atoms with Gasteiger partial charge in [-0.3, -0.25) is 4.79 Å². The van der Waals surface area contributed by atoms with Crippen LogP contribution in [-0.2, 0) is 25.8 Å². The Labute approximate surface area is 171 Å². The van der Waals surface area contributed by atoms with Crippen LogP contribution in [0.5, 0.6) is 0 Å². The molecule has 0 amide bonds. The topological polar surface area (TPSA) is 75.0 Å². The molecule has 1 saturated carbocycles. The van der Waals surface area contributed by atoms with Gasteiger partial charge in [0.05, 0.1) is 22.8 Å². The van der Waals surface area contributed by atoms with Crippen molar-refractivity contribution >= 4 is 15.6 Å². The average Bonchev–Trinajstić information content (AvgIpc) is 2.69. The van der Waals surface area contributed by atoms with Crippen LogP contribution in [0.4, 0.5) is 4.39 Å². The molecule has 0 aliphatic heterocycles. The lowest BCUT2D eigenvalue weighted by Gasteiger charge is -2.38. The van der Waals surface area contributed by atoms with Gasteiger partial charge in [-0.15, -0.1) is 0 Å². The first kappa shape index (κ1) is 21.2. The van der Waals surface area contributed by atoms with E-state index in [9.17, 15) is 17.6 Å². The fraction of sp³-hybridized carbons (Fsp3) is 0.391. The van der Waals surface area contributed by atoms with E-state index in [2.05, 4.69) is 6.92 Å². The van der Waals surface area contributed by atoms with Gasteiger partial charge in [0.2, 0.25) is 0 Å². The Morgan fingerprint density at radius 2 is 1.69 bits per heavy atom. The summed E-state index contributed by atoms with van der Waals surface area (Å²) in [5, 5.41) is 8.86. The number of nitriles is 1. The second kappa shape index (κ2) is 8.46. The number of carbonyl (C=O) groups is 1. The predicted octanol–water partition coefficient (Wildman–Crippen LogP) is 4.33. The van der Waals surface area contributed by atoms with Crippen LogP contribution in [0.25, 0.3) is 0 Å². The van der Waals surface area contributed by atoms with Crippen molar-refractivity contribution in [2.24, 2.45) is 5.92 Å². The summed E-state index contributed by atoms with van der Waals surface area (Å²) in [7, 11) is -3.68. The predicted molar refractivity (Wildman–Crippen MR) is 109 cm³/mol. The van der Waals surface area contributed by atoms with Crippen molar-refractivity contribution in [2.75, 3.05) is 5.75 Å². The number of hydrogen-bond acceptors (Lipinski definition) is 4. The molecule has 0 radical (unpaired) electrons. The minimum Gasteiger partial charge on any atom is -0.298 e. The quantitative estimate of drug-likeness (QED) is 0.706. The van der Waals surface area contributed by atoms with Crippen molar-refractivity contribution in [3.05, 3.63) is 71.0 Å². The van der Waals surface area contributed by atoms with Crippen LogP contribution in [-0.4, -0.2) is 20.0 Å². The molecule has 6 heteroatoms. The second-order valence-corrected chi connectivity index (χ2v) is 10.1. The number of benzene rings is 2. The number of ketones is 1. The molecule has 1 fully saturated rings. The zero-order chi connectivity index (χ0) is 21.1. The molecule has 1 aliphatic carbocycles. The molecule has 29 heavy (non-hydrogen) atoms. The molecule has 0 bridgehead atoms. The third-order valence-corrected chi connectivity index (χ3v) is 7.35. The van der Waals surface area contributed by atoms with Crippen LogP contribution in [0.1, 0.15) is 49.3 Å². The highest BCUT2D eigenvalue weighted by molar-refractivity contribution is 7.91. The summed E-state index contributed by atoms with van der Waals surface area (Å²) in [5.74, 6) is -1.01. The molecule has 0 aromatic heterocycles. The molecular formula is C23H24FNO3S. The SMILES string of the molecule is CC1CCC(C(=O)CS(=O)(=O)Cc2ccc(C#N)cc2)(c2ccc(F)cc2)CC1. The van der Waals surface area contributed by atoms with E-state index in [-0.39, 0.29) is 17.4 Å². The minimum absolute atomic E-state index is 0.250. The Morgan fingerprint density at radius 3 is 2.24 bits per heavy atom. The first-order chi connectivity index (χ1) is 13.7. The Hall–Kier alpha value is -2.52. The number of nitrogens with zero attached hydrogens (tertiary/aromatic N) is 1. The number of carbonyl (C=O) groups excluding carboxylic acids is 1. The molecule has 0 atom stereocenters. The number of rotatable bonds is 6. The van der Waals surface area contributed by atoms with E-state index < -0.39 is 21.0 Å². The van der Waals surface area contributed by atoms with E-state index >= 15 is 0 Å². The van der Waals surface area contributed by atoms with Gasteiger partial charge in [-0.1, -0.05) is 31.2 Å². The molecule has 0 N–H and O–H groups in total. The number of halogens is 1. The summed E-state index contributed by atoms with van der Waals surface area (Å²) in [6, 6.07) is 14.2. The van der Waals surface area contributed by atoms with Gasteiger partial charge in [0.1, 0.15) is 11.6 Å². The summed E-state index contributed by atoms with van der Waals surface area (Å²) in [5.41, 5.74) is 0.820. The summed E-state index contributed by atoms with van der Waals surface area (Å²) in [6.07, 6.45) is 2.81. The number of sulfone groups is 1. The van der Waals surface area contributed by atoms with Gasteiger partial charge >= 0.3 is 0 Å². The van der Waals surface area contributed by atoms with Crippen LogP contribution in [0.15, 0.2) is 48.5 Å². The Bertz CT molecular complexity index is 1010. The van der Waals surface area contributed by atoms with Crippen LogP contribution >= 0.6 is 0 Å². The van der Waals surface area contributed by atoms with E-state index in [1.165, 1.54) is 12.1 Å². The first-order valence-corrected chi connectivity index (χ1v) is 11.5. The van der Waals surface area contributed by atoms with Crippen molar-refractivity contribution in [3.63, 3.8) is 0 Å². The highest BCUT2D eigenvalue weighted by atomic mass is 32.2. The van der Waals surface area contributed by atoms with Crippen molar-refractivity contribution in [3.8, 4) is 6.07 Å². The maximum absolute atomic E-state index is 13.4. The molecular weight excluding hydrogens is 389 g/mol. The molecule has 2 aromatic carbocycles. The summed E-state index contributed by atoms with van der Waals surface area (Å²) in [4.78, 5) is 13.3. The van der Waals surface area contributed by atoms with E-state index in [0.717, 1.165) is 12.8 Å². The zero-order valence-electron chi connectivity index (χ0n) is 16.4. The van der Waals surface area contributed by atoms with Gasteiger partial charge in [-0.25, -0.2) is 12.8 Å². The molecule has 0 spiro atoms. The van der Waals surface area contributed by atoms with Gasteiger partial charge in [0, 0.05) is 0 Å². The lowest BCUT2D eigenvalue weighted by atomic mass is 9.65. The van der Waals surface area contributed by atoms with Gasteiger partial charge in [-0.2, -0.15) is 5.26 Å². The van der Waals surface area contributed by atoms with Crippen molar-refractivity contribution in [1.82, 2.24) is 0 Å². The maximum Gasteiger partial charge on any atom is 0.161 e. The zero-order valence-corrected chi connectivity index (χ0v) is 17.2. The smallest absolute Gasteiger partial charge is 0.161 e. The summed E-state index contributed by atoms with van der Waals surface area (Å²) < 4.78 is 38.9. The minimum atomic E-state index is -3.68. The van der Waals surface area contributed by atoms with Crippen LogP contribution in [0.3, 0.4) is 0 Å².